The number of hydrogen-bond donors (Lipinski definition) is 0. The van der Waals surface area contributed by atoms with Crippen LogP contribution >= 0.6 is 11.6 Å². The van der Waals surface area contributed by atoms with Crippen molar-refractivity contribution in [2.75, 3.05) is 44.8 Å². The fraction of sp³-hybridized carbons (Fsp3) is 0.652. The minimum atomic E-state index is -0.514. The molecule has 2 aliphatic rings. The van der Waals surface area contributed by atoms with Crippen LogP contribution in [-0.2, 0) is 25.4 Å². The third-order valence-electron chi connectivity index (χ3n) is 5.64. The molecular weight excluding hydrogens is 420 g/mol. The van der Waals surface area contributed by atoms with Crippen molar-refractivity contribution in [2.24, 2.45) is 5.92 Å². The maximum absolute atomic E-state index is 12.4. The van der Waals surface area contributed by atoms with E-state index in [4.69, 9.17) is 25.8 Å². The molecule has 2 fully saturated rings. The van der Waals surface area contributed by atoms with Gasteiger partial charge in [0.25, 0.3) is 0 Å². The number of halogens is 1. The second-order valence-electron chi connectivity index (χ2n) is 9.19. The fourth-order valence-corrected chi connectivity index (χ4v) is 4.38. The zero-order valence-corrected chi connectivity index (χ0v) is 19.6. The number of carbonyl (C=O) groups excluding carboxylic acids is 2. The van der Waals surface area contributed by atoms with Gasteiger partial charge in [0.1, 0.15) is 5.60 Å². The summed E-state index contributed by atoms with van der Waals surface area (Å²) in [6.45, 7) is 8.66. The second-order valence-corrected chi connectivity index (χ2v) is 9.60. The van der Waals surface area contributed by atoms with Crippen molar-refractivity contribution in [3.05, 3.63) is 28.8 Å². The molecule has 0 spiro atoms. The molecule has 1 amide bonds. The minimum absolute atomic E-state index is 0.0318. The topological polar surface area (TPSA) is 68.3 Å². The van der Waals surface area contributed by atoms with Gasteiger partial charge in [0, 0.05) is 26.1 Å². The Morgan fingerprint density at radius 2 is 1.90 bits per heavy atom. The number of esters is 1. The van der Waals surface area contributed by atoms with Crippen LogP contribution in [0.15, 0.2) is 18.2 Å². The molecule has 1 unspecified atom stereocenters. The summed E-state index contributed by atoms with van der Waals surface area (Å²) in [5.41, 5.74) is 1.53. The number of benzene rings is 1. The summed E-state index contributed by atoms with van der Waals surface area (Å²) in [6.07, 6.45) is 1.80. The van der Waals surface area contributed by atoms with Crippen LogP contribution in [0.5, 0.6) is 0 Å². The first kappa shape index (κ1) is 23.7. The lowest BCUT2D eigenvalue weighted by Crippen LogP contribution is -2.48. The van der Waals surface area contributed by atoms with E-state index in [9.17, 15) is 9.59 Å². The van der Waals surface area contributed by atoms with Crippen molar-refractivity contribution in [1.82, 2.24) is 4.90 Å². The summed E-state index contributed by atoms with van der Waals surface area (Å²) >= 11 is 6.60. The van der Waals surface area contributed by atoms with Crippen molar-refractivity contribution in [1.29, 1.82) is 0 Å². The first-order valence-corrected chi connectivity index (χ1v) is 11.2. The van der Waals surface area contributed by atoms with Crippen LogP contribution in [0.25, 0.3) is 0 Å². The molecule has 172 valence electrons. The van der Waals surface area contributed by atoms with Gasteiger partial charge in [-0.25, -0.2) is 4.79 Å². The number of nitrogens with zero attached hydrogens (tertiary/aromatic N) is 2. The largest absolute Gasteiger partial charge is 0.469 e. The maximum Gasteiger partial charge on any atom is 0.410 e. The fourth-order valence-electron chi connectivity index (χ4n) is 4.05. The molecule has 0 N–H and O–H groups in total. The summed E-state index contributed by atoms with van der Waals surface area (Å²) in [5.74, 6) is -0.162. The Kier molecular flexibility index (Phi) is 7.70. The van der Waals surface area contributed by atoms with Crippen molar-refractivity contribution in [3.63, 3.8) is 0 Å². The van der Waals surface area contributed by atoms with Gasteiger partial charge >= 0.3 is 12.1 Å². The molecule has 31 heavy (non-hydrogen) atoms. The molecule has 2 saturated heterocycles. The van der Waals surface area contributed by atoms with Gasteiger partial charge in [-0.15, -0.1) is 0 Å². The van der Waals surface area contributed by atoms with Crippen molar-refractivity contribution in [3.8, 4) is 0 Å². The quantitative estimate of drug-likeness (QED) is 0.645. The molecule has 3 rings (SSSR count). The van der Waals surface area contributed by atoms with E-state index < -0.39 is 5.60 Å². The molecule has 1 atom stereocenters. The van der Waals surface area contributed by atoms with Gasteiger partial charge in [-0.2, -0.15) is 0 Å². The summed E-state index contributed by atoms with van der Waals surface area (Å²) in [6, 6.07) is 6.06. The molecule has 7 nitrogen and oxygen atoms in total. The Morgan fingerprint density at radius 1 is 1.19 bits per heavy atom. The lowest BCUT2D eigenvalue weighted by Gasteiger charge is -2.34. The predicted molar refractivity (Wildman–Crippen MR) is 120 cm³/mol. The molecule has 0 aliphatic carbocycles. The lowest BCUT2D eigenvalue weighted by molar-refractivity contribution is -0.146. The summed E-state index contributed by atoms with van der Waals surface area (Å²) < 4.78 is 16.2. The molecular formula is C23H33ClN2O5. The van der Waals surface area contributed by atoms with Crippen LogP contribution in [0.3, 0.4) is 0 Å². The highest BCUT2D eigenvalue weighted by atomic mass is 35.5. The monoisotopic (exact) mass is 452 g/mol. The summed E-state index contributed by atoms with van der Waals surface area (Å²) in [4.78, 5) is 28.0. The van der Waals surface area contributed by atoms with E-state index in [0.717, 1.165) is 37.2 Å². The molecule has 2 heterocycles. The molecule has 0 bridgehead atoms. The highest BCUT2D eigenvalue weighted by Gasteiger charge is 2.29. The standard InChI is InChI=1S/C23H33ClN2O5/c1-23(2,3)31-22(28)26-11-12-30-18(15-26)13-16-5-6-20(19(24)14-16)25-9-7-17(8-10-25)21(27)29-4/h5-6,14,17-18H,7-13,15H2,1-4H3. The normalized spacial score (nSPS) is 20.5. The highest BCUT2D eigenvalue weighted by molar-refractivity contribution is 6.33. The van der Waals surface area contributed by atoms with Gasteiger partial charge < -0.3 is 24.0 Å². The smallest absolute Gasteiger partial charge is 0.410 e. The molecule has 8 heteroatoms. The van der Waals surface area contributed by atoms with Crippen LogP contribution in [0.1, 0.15) is 39.2 Å². The molecule has 2 aliphatic heterocycles. The van der Waals surface area contributed by atoms with Crippen LogP contribution in [0, 0.1) is 5.92 Å². The van der Waals surface area contributed by atoms with E-state index in [2.05, 4.69) is 11.0 Å². The maximum atomic E-state index is 12.4. The van der Waals surface area contributed by atoms with E-state index in [-0.39, 0.29) is 24.1 Å². The Morgan fingerprint density at radius 3 is 2.52 bits per heavy atom. The van der Waals surface area contributed by atoms with E-state index in [1.165, 1.54) is 7.11 Å². The zero-order valence-electron chi connectivity index (χ0n) is 18.9. The van der Waals surface area contributed by atoms with Crippen LogP contribution in [0.2, 0.25) is 5.02 Å². The van der Waals surface area contributed by atoms with E-state index in [1.54, 1.807) is 4.90 Å². The van der Waals surface area contributed by atoms with Gasteiger partial charge in [-0.3, -0.25) is 4.79 Å². The number of amides is 1. The third-order valence-corrected chi connectivity index (χ3v) is 5.94. The Balaban J connectivity index is 1.57. The molecule has 0 radical (unpaired) electrons. The lowest BCUT2D eigenvalue weighted by atomic mass is 9.96. The molecule has 0 aromatic heterocycles. The first-order valence-electron chi connectivity index (χ1n) is 10.9. The number of hydrogen-bond acceptors (Lipinski definition) is 6. The summed E-state index contributed by atoms with van der Waals surface area (Å²) in [7, 11) is 1.44. The first-order chi connectivity index (χ1) is 14.7. The van der Waals surface area contributed by atoms with Crippen molar-refractivity contribution in [2.45, 2.75) is 51.7 Å². The third kappa shape index (κ3) is 6.50. The molecule has 1 aromatic rings. The number of piperidine rings is 1. The van der Waals surface area contributed by atoms with Crippen molar-refractivity contribution >= 4 is 29.4 Å². The van der Waals surface area contributed by atoms with Gasteiger partial charge in [-0.1, -0.05) is 17.7 Å². The van der Waals surface area contributed by atoms with Crippen LogP contribution < -0.4 is 4.90 Å². The Bertz CT molecular complexity index is 787. The number of anilines is 1. The minimum Gasteiger partial charge on any atom is -0.469 e. The molecule has 1 aromatic carbocycles. The number of morpholine rings is 1. The second kappa shape index (κ2) is 10.1. The van der Waals surface area contributed by atoms with Gasteiger partial charge in [0.05, 0.1) is 43.0 Å². The Labute approximate surface area is 189 Å². The van der Waals surface area contributed by atoms with Gasteiger partial charge in [0.15, 0.2) is 0 Å². The van der Waals surface area contributed by atoms with Gasteiger partial charge in [-0.05, 0) is 51.3 Å². The van der Waals surface area contributed by atoms with E-state index in [0.29, 0.717) is 31.1 Å². The van der Waals surface area contributed by atoms with Gasteiger partial charge in [0.2, 0.25) is 0 Å². The summed E-state index contributed by atoms with van der Waals surface area (Å²) in [5, 5.41) is 0.689. The highest BCUT2D eigenvalue weighted by Crippen LogP contribution is 2.31. The van der Waals surface area contributed by atoms with Crippen LogP contribution in [-0.4, -0.2) is 68.6 Å². The SMILES string of the molecule is COC(=O)C1CCN(c2ccc(CC3CN(C(=O)OC(C)(C)C)CCO3)cc2Cl)CC1. The van der Waals surface area contributed by atoms with Crippen molar-refractivity contribution < 1.29 is 23.8 Å². The average molecular weight is 453 g/mol. The number of rotatable bonds is 4. The Hall–Kier alpha value is -1.99. The van der Waals surface area contributed by atoms with Crippen LogP contribution in [0.4, 0.5) is 10.5 Å². The number of ether oxygens (including phenoxy) is 3. The number of carbonyl (C=O) groups is 2. The molecule has 0 saturated carbocycles. The average Bonchev–Trinajstić information content (AvgIpc) is 2.72. The predicted octanol–water partition coefficient (Wildman–Crippen LogP) is 3.91. The zero-order chi connectivity index (χ0) is 22.6. The van der Waals surface area contributed by atoms with E-state index in [1.807, 2.05) is 32.9 Å². The number of methoxy groups -OCH3 is 1. The van der Waals surface area contributed by atoms with E-state index >= 15 is 0 Å².